The van der Waals surface area contributed by atoms with E-state index >= 15 is 0 Å². The predicted octanol–water partition coefficient (Wildman–Crippen LogP) is 4.41. The average Bonchev–Trinajstić information content (AvgIpc) is 3.52. The lowest BCUT2D eigenvalue weighted by molar-refractivity contribution is -0.136. The van der Waals surface area contributed by atoms with Gasteiger partial charge in [0, 0.05) is 17.5 Å². The van der Waals surface area contributed by atoms with Crippen LogP contribution in [0.15, 0.2) is 58.5 Å². The van der Waals surface area contributed by atoms with Crippen molar-refractivity contribution < 1.29 is 23.5 Å². The summed E-state index contributed by atoms with van der Waals surface area (Å²) in [4.78, 5) is 31.0. The Morgan fingerprint density at radius 1 is 1.18 bits per heavy atom. The van der Waals surface area contributed by atoms with Crippen molar-refractivity contribution in [3.8, 4) is 11.5 Å². The molecule has 0 fully saturated rings. The van der Waals surface area contributed by atoms with Gasteiger partial charge in [-0.25, -0.2) is 0 Å². The van der Waals surface area contributed by atoms with Crippen molar-refractivity contribution in [1.82, 2.24) is 9.80 Å². The fourth-order valence-corrected chi connectivity index (χ4v) is 4.98. The van der Waals surface area contributed by atoms with Gasteiger partial charge in [-0.15, -0.1) is 11.3 Å². The molecule has 0 radical (unpaired) electrons. The van der Waals surface area contributed by atoms with Crippen LogP contribution in [0.2, 0.25) is 0 Å². The zero-order valence-electron chi connectivity index (χ0n) is 19.0. The lowest BCUT2D eigenvalue weighted by Crippen LogP contribution is -2.49. The molecule has 8 heteroatoms. The molecule has 3 heterocycles. The van der Waals surface area contributed by atoms with Crippen LogP contribution in [0.1, 0.15) is 40.9 Å². The molecule has 0 bridgehead atoms. The van der Waals surface area contributed by atoms with E-state index < -0.39 is 0 Å². The number of rotatable bonds is 8. The van der Waals surface area contributed by atoms with E-state index in [0.29, 0.717) is 24.7 Å². The summed E-state index contributed by atoms with van der Waals surface area (Å²) >= 11 is 1.70. The lowest BCUT2D eigenvalue weighted by Gasteiger charge is -2.37. The summed E-state index contributed by atoms with van der Waals surface area (Å²) in [6, 6.07) is 12.4. The Hall–Kier alpha value is -3.26. The fraction of sp³-hybridized carbons (Fsp3) is 0.360. The number of methoxy groups -OCH3 is 1. The Balaban J connectivity index is 1.54. The van der Waals surface area contributed by atoms with E-state index in [-0.39, 0.29) is 36.2 Å². The summed E-state index contributed by atoms with van der Waals surface area (Å²) in [6.07, 6.45) is 2.25. The van der Waals surface area contributed by atoms with Gasteiger partial charge in [0.15, 0.2) is 17.3 Å². The third-order valence-electron chi connectivity index (χ3n) is 5.80. The van der Waals surface area contributed by atoms with Gasteiger partial charge in [0.2, 0.25) is 5.91 Å². The molecule has 174 valence electrons. The van der Waals surface area contributed by atoms with Crippen LogP contribution in [0.5, 0.6) is 11.5 Å². The van der Waals surface area contributed by atoms with E-state index in [2.05, 4.69) is 11.4 Å². The van der Waals surface area contributed by atoms with Gasteiger partial charge in [-0.3, -0.25) is 9.59 Å². The number of nitrogens with zero attached hydrogens (tertiary/aromatic N) is 2. The van der Waals surface area contributed by atoms with Crippen molar-refractivity contribution in [2.45, 2.75) is 32.4 Å². The normalized spacial score (nSPS) is 15.3. The molecule has 4 rings (SSSR count). The van der Waals surface area contributed by atoms with Crippen LogP contribution in [0, 0.1) is 0 Å². The van der Waals surface area contributed by atoms with Gasteiger partial charge in [-0.2, -0.15) is 0 Å². The molecule has 0 saturated heterocycles. The summed E-state index contributed by atoms with van der Waals surface area (Å²) in [6.45, 7) is 4.63. The number of fused-ring (bicyclic) bond motifs is 1. The summed E-state index contributed by atoms with van der Waals surface area (Å²) in [5.41, 5.74) is 1.10. The summed E-state index contributed by atoms with van der Waals surface area (Å²) in [5, 5.41) is 2.05. The molecule has 33 heavy (non-hydrogen) atoms. The van der Waals surface area contributed by atoms with Crippen LogP contribution in [-0.2, 0) is 11.2 Å². The highest BCUT2D eigenvalue weighted by Crippen LogP contribution is 2.35. The number of benzene rings is 1. The first-order chi connectivity index (χ1) is 16.0. The molecule has 1 atom stereocenters. The van der Waals surface area contributed by atoms with Gasteiger partial charge in [0.25, 0.3) is 5.91 Å². The number of ether oxygens (including phenoxy) is 2. The molecule has 0 saturated carbocycles. The maximum Gasteiger partial charge on any atom is 0.290 e. The number of amides is 2. The minimum absolute atomic E-state index is 0.0260. The molecular weight excluding hydrogens is 440 g/mol. The maximum atomic E-state index is 13.5. The molecule has 1 aliphatic rings. The van der Waals surface area contributed by atoms with E-state index in [1.54, 1.807) is 35.5 Å². The first-order valence-electron chi connectivity index (χ1n) is 11.0. The van der Waals surface area contributed by atoms with E-state index in [1.807, 2.05) is 43.0 Å². The molecule has 1 aromatic carbocycles. The molecule has 0 aliphatic carbocycles. The van der Waals surface area contributed by atoms with E-state index in [4.69, 9.17) is 13.9 Å². The SMILES string of the molecule is COc1ccccc1OC[C@@H]1c2ccsc2CCN1C(=O)CN(C(=O)c1ccco1)C(C)C. The molecule has 0 spiro atoms. The van der Waals surface area contributed by atoms with Crippen molar-refractivity contribution >= 4 is 23.2 Å². The van der Waals surface area contributed by atoms with Gasteiger partial charge in [0.1, 0.15) is 13.2 Å². The third-order valence-corrected chi connectivity index (χ3v) is 6.80. The Labute approximate surface area is 197 Å². The largest absolute Gasteiger partial charge is 0.493 e. The van der Waals surface area contributed by atoms with Crippen molar-refractivity contribution in [2.75, 3.05) is 26.8 Å². The first-order valence-corrected chi connectivity index (χ1v) is 11.8. The zero-order chi connectivity index (χ0) is 23.4. The van der Waals surface area contributed by atoms with Crippen LogP contribution >= 0.6 is 11.3 Å². The Bertz CT molecular complexity index is 1090. The molecule has 7 nitrogen and oxygen atoms in total. The summed E-state index contributed by atoms with van der Waals surface area (Å²) in [5.74, 6) is 1.09. The van der Waals surface area contributed by atoms with Gasteiger partial charge in [-0.05, 0) is 61.5 Å². The average molecular weight is 469 g/mol. The summed E-state index contributed by atoms with van der Waals surface area (Å²) in [7, 11) is 1.60. The number of thiophene rings is 1. The van der Waals surface area contributed by atoms with E-state index in [9.17, 15) is 9.59 Å². The number of para-hydroxylation sites is 2. The van der Waals surface area contributed by atoms with E-state index in [1.165, 1.54) is 11.1 Å². The minimum Gasteiger partial charge on any atom is -0.493 e. The van der Waals surface area contributed by atoms with Crippen molar-refractivity contribution in [1.29, 1.82) is 0 Å². The maximum absolute atomic E-state index is 13.5. The second-order valence-electron chi connectivity index (χ2n) is 8.12. The van der Waals surface area contributed by atoms with Gasteiger partial charge < -0.3 is 23.7 Å². The summed E-state index contributed by atoms with van der Waals surface area (Å²) < 4.78 is 16.8. The monoisotopic (exact) mass is 468 g/mol. The second-order valence-corrected chi connectivity index (χ2v) is 9.12. The number of carbonyl (C=O) groups is 2. The van der Waals surface area contributed by atoms with Crippen molar-refractivity contribution in [3.63, 3.8) is 0 Å². The molecule has 2 aromatic heterocycles. The number of furan rings is 1. The minimum atomic E-state index is -0.293. The van der Waals surface area contributed by atoms with Crippen molar-refractivity contribution in [3.05, 3.63) is 70.3 Å². The first kappa shape index (κ1) is 22.9. The topological polar surface area (TPSA) is 72.2 Å². The number of hydrogen-bond acceptors (Lipinski definition) is 6. The van der Waals surface area contributed by atoms with Crippen LogP contribution in [-0.4, -0.2) is 54.5 Å². The smallest absolute Gasteiger partial charge is 0.290 e. The Kier molecular flexibility index (Phi) is 7.03. The Morgan fingerprint density at radius 2 is 1.97 bits per heavy atom. The molecular formula is C25H28N2O5S. The number of carbonyl (C=O) groups excluding carboxylic acids is 2. The quantitative estimate of drug-likeness (QED) is 0.490. The highest BCUT2D eigenvalue weighted by atomic mass is 32.1. The highest BCUT2D eigenvalue weighted by molar-refractivity contribution is 7.10. The van der Waals surface area contributed by atoms with Gasteiger partial charge in [0.05, 0.1) is 19.4 Å². The fourth-order valence-electron chi connectivity index (χ4n) is 4.05. The van der Waals surface area contributed by atoms with Crippen LogP contribution in [0.25, 0.3) is 0 Å². The predicted molar refractivity (Wildman–Crippen MR) is 126 cm³/mol. The highest BCUT2D eigenvalue weighted by Gasteiger charge is 2.34. The molecule has 2 amide bonds. The molecule has 1 aliphatic heterocycles. The molecule has 0 N–H and O–H groups in total. The Morgan fingerprint density at radius 3 is 2.67 bits per heavy atom. The van der Waals surface area contributed by atoms with Crippen molar-refractivity contribution in [2.24, 2.45) is 0 Å². The molecule has 3 aromatic rings. The standard InChI is InChI=1S/C25H28N2O5S/c1-17(2)27(25(29)22-9-6-13-31-22)15-24(28)26-12-10-23-18(11-14-33-23)19(26)16-32-21-8-5-4-7-20(21)30-3/h4-9,11,13-14,17,19H,10,12,15-16H2,1-3H3/t19-/m1/s1. The second kappa shape index (κ2) is 10.1. The van der Waals surface area contributed by atoms with Gasteiger partial charge >= 0.3 is 0 Å². The zero-order valence-corrected chi connectivity index (χ0v) is 19.8. The van der Waals surface area contributed by atoms with E-state index in [0.717, 1.165) is 12.0 Å². The van der Waals surface area contributed by atoms with Crippen LogP contribution < -0.4 is 9.47 Å². The van der Waals surface area contributed by atoms with Crippen LogP contribution in [0.3, 0.4) is 0 Å². The number of hydrogen-bond donors (Lipinski definition) is 0. The van der Waals surface area contributed by atoms with Gasteiger partial charge in [-0.1, -0.05) is 12.1 Å². The lowest BCUT2D eigenvalue weighted by atomic mass is 10.00. The molecule has 0 unspecified atom stereocenters. The van der Waals surface area contributed by atoms with Crippen LogP contribution in [0.4, 0.5) is 0 Å². The third kappa shape index (κ3) is 4.90.